The molecule has 1 aromatic carbocycles. The first-order chi connectivity index (χ1) is 17.9. The van der Waals surface area contributed by atoms with E-state index in [2.05, 4.69) is 10.6 Å². The number of amides is 2. The van der Waals surface area contributed by atoms with Crippen molar-refractivity contribution >= 4 is 29.3 Å². The van der Waals surface area contributed by atoms with Crippen LogP contribution in [-0.2, 0) is 25.4 Å². The number of aliphatic hydroxyl groups excluding tert-OH is 1. The van der Waals surface area contributed by atoms with Crippen molar-refractivity contribution in [2.45, 2.75) is 75.8 Å². The molecule has 7 atom stereocenters. The fourth-order valence-electron chi connectivity index (χ4n) is 5.27. The van der Waals surface area contributed by atoms with Gasteiger partial charge in [-0.05, 0) is 38.0 Å². The summed E-state index contributed by atoms with van der Waals surface area (Å²) in [6.07, 6.45) is 1.57. The van der Waals surface area contributed by atoms with Crippen LogP contribution >= 0.6 is 11.6 Å². The molecule has 11 heteroatoms. The zero-order valence-electron chi connectivity index (χ0n) is 22.1. The number of aliphatic hydroxyl groups is 2. The molecule has 0 spiro atoms. The molecule has 0 radical (unpaired) electrons. The van der Waals surface area contributed by atoms with Crippen LogP contribution in [0.1, 0.15) is 39.2 Å². The Bertz CT molecular complexity index is 1160. The van der Waals surface area contributed by atoms with Crippen LogP contribution in [0.3, 0.4) is 0 Å². The van der Waals surface area contributed by atoms with E-state index < -0.39 is 53.7 Å². The first-order valence-electron chi connectivity index (χ1n) is 12.5. The Morgan fingerprint density at radius 2 is 1.97 bits per heavy atom. The minimum absolute atomic E-state index is 0.0299. The smallest absolute Gasteiger partial charge is 0.409 e. The number of hydrogen-bond donors (Lipinski definition) is 4. The van der Waals surface area contributed by atoms with Gasteiger partial charge in [-0.1, -0.05) is 42.3 Å². The van der Waals surface area contributed by atoms with Crippen LogP contribution in [-0.4, -0.2) is 72.2 Å². The van der Waals surface area contributed by atoms with Crippen LogP contribution in [0.25, 0.3) is 0 Å². The van der Waals surface area contributed by atoms with Crippen molar-refractivity contribution in [2.24, 2.45) is 5.92 Å². The number of methoxy groups -OCH3 is 2. The van der Waals surface area contributed by atoms with Gasteiger partial charge in [-0.2, -0.15) is 0 Å². The topological polar surface area (TPSA) is 139 Å². The van der Waals surface area contributed by atoms with Gasteiger partial charge in [-0.25, -0.2) is 4.79 Å². The van der Waals surface area contributed by atoms with Crippen molar-refractivity contribution in [3.63, 3.8) is 0 Å². The molecule has 4 N–H and O–H groups in total. The lowest BCUT2D eigenvalue weighted by atomic mass is 9.84. The summed E-state index contributed by atoms with van der Waals surface area (Å²) in [5.74, 6) is -0.429. The molecule has 7 unspecified atom stereocenters. The van der Waals surface area contributed by atoms with Crippen molar-refractivity contribution in [3.8, 4) is 5.75 Å². The largest absolute Gasteiger partial charge is 0.495 e. The van der Waals surface area contributed by atoms with E-state index in [4.69, 9.17) is 30.5 Å². The molecule has 3 heterocycles. The van der Waals surface area contributed by atoms with Gasteiger partial charge in [0.05, 0.1) is 31.4 Å². The first-order valence-corrected chi connectivity index (χ1v) is 12.9. The van der Waals surface area contributed by atoms with E-state index in [0.717, 1.165) is 11.1 Å². The number of benzene rings is 1. The van der Waals surface area contributed by atoms with E-state index in [-0.39, 0.29) is 17.9 Å². The lowest BCUT2D eigenvalue weighted by molar-refractivity contribution is -0.142. The number of carbonyl (C=O) groups is 2. The van der Waals surface area contributed by atoms with Gasteiger partial charge < -0.3 is 34.5 Å². The highest BCUT2D eigenvalue weighted by molar-refractivity contribution is 6.35. The maximum atomic E-state index is 12.9. The normalized spacial score (nSPS) is 38.0. The standard InChI is InChI=1S/C27H35ClN2O8/c1-14-7-6-8-21(36-5)27(34)13-19(37-25(33)30-27)15(2)24-26(3,38-24)20(31)12-22(32)29-17-10-16(9-14)11-18(35-4)23(17)28/h6-8,10-11,15,19-21,24,31,34H,9,12-13H2,1-5H3,(H,29,32)(H,30,33)/b8-6+,14-7+. The molecule has 38 heavy (non-hydrogen) atoms. The van der Waals surface area contributed by atoms with E-state index in [9.17, 15) is 19.8 Å². The molecule has 4 bridgehead atoms. The van der Waals surface area contributed by atoms with Gasteiger partial charge in [0.2, 0.25) is 5.91 Å². The Morgan fingerprint density at radius 1 is 1.24 bits per heavy atom. The molecule has 0 saturated carbocycles. The van der Waals surface area contributed by atoms with Crippen molar-refractivity contribution in [3.05, 3.63) is 46.5 Å². The fraction of sp³-hybridized carbons (Fsp3) is 0.556. The summed E-state index contributed by atoms with van der Waals surface area (Å²) in [7, 11) is 2.94. The molecule has 3 aliphatic rings. The lowest BCUT2D eigenvalue weighted by Crippen LogP contribution is -2.63. The van der Waals surface area contributed by atoms with Crippen LogP contribution in [0, 0.1) is 5.92 Å². The van der Waals surface area contributed by atoms with Gasteiger partial charge >= 0.3 is 6.09 Å². The number of nitrogens with one attached hydrogen (secondary N) is 2. The molecule has 3 aliphatic heterocycles. The number of alkyl carbamates (subject to hydrolysis) is 1. The molecule has 2 fully saturated rings. The molecular weight excluding hydrogens is 516 g/mol. The van der Waals surface area contributed by atoms with Crippen molar-refractivity contribution in [2.75, 3.05) is 19.5 Å². The molecule has 0 aliphatic carbocycles. The summed E-state index contributed by atoms with van der Waals surface area (Å²) in [5, 5.41) is 27.9. The Hall–Kier alpha value is -2.63. The van der Waals surface area contributed by atoms with E-state index in [1.54, 1.807) is 31.2 Å². The number of epoxide rings is 1. The number of ether oxygens (including phenoxy) is 4. The Balaban J connectivity index is 1.71. The second-order valence-corrected chi connectivity index (χ2v) is 10.8. The predicted molar refractivity (Wildman–Crippen MR) is 140 cm³/mol. The number of rotatable bonds is 2. The third-order valence-corrected chi connectivity index (χ3v) is 7.94. The Morgan fingerprint density at radius 3 is 2.66 bits per heavy atom. The minimum atomic E-state index is -1.73. The third kappa shape index (κ3) is 5.69. The van der Waals surface area contributed by atoms with Crippen LogP contribution in [0.2, 0.25) is 5.02 Å². The fourth-order valence-corrected chi connectivity index (χ4v) is 5.50. The monoisotopic (exact) mass is 550 g/mol. The third-order valence-electron chi connectivity index (χ3n) is 7.55. The zero-order valence-corrected chi connectivity index (χ0v) is 22.9. The van der Waals surface area contributed by atoms with E-state index in [1.165, 1.54) is 14.2 Å². The summed E-state index contributed by atoms with van der Waals surface area (Å²) in [5.41, 5.74) is -0.590. The van der Waals surface area contributed by atoms with Crippen molar-refractivity contribution < 1.29 is 38.7 Å². The second-order valence-electron chi connectivity index (χ2n) is 10.4. The number of allylic oxidation sites excluding steroid dienone is 3. The summed E-state index contributed by atoms with van der Waals surface area (Å²) >= 11 is 6.46. The highest BCUT2D eigenvalue weighted by atomic mass is 35.5. The number of fused-ring (bicyclic) bond motifs is 5. The molecule has 2 saturated heterocycles. The first kappa shape index (κ1) is 28.4. The summed E-state index contributed by atoms with van der Waals surface area (Å²) in [6.45, 7) is 5.45. The molecule has 10 nitrogen and oxygen atoms in total. The number of carbonyl (C=O) groups excluding carboxylic acids is 2. The van der Waals surface area contributed by atoms with Gasteiger partial charge in [-0.15, -0.1) is 0 Å². The van der Waals surface area contributed by atoms with Gasteiger partial charge in [0.25, 0.3) is 0 Å². The van der Waals surface area contributed by atoms with Gasteiger partial charge in [0.1, 0.15) is 28.6 Å². The molecule has 208 valence electrons. The maximum Gasteiger partial charge on any atom is 0.409 e. The van der Waals surface area contributed by atoms with Crippen LogP contribution in [0.4, 0.5) is 10.5 Å². The van der Waals surface area contributed by atoms with Crippen LogP contribution in [0.15, 0.2) is 35.9 Å². The summed E-state index contributed by atoms with van der Waals surface area (Å²) < 4.78 is 22.3. The molecular formula is C27H35ClN2O8. The average Bonchev–Trinajstić information content (AvgIpc) is 3.54. The van der Waals surface area contributed by atoms with Gasteiger partial charge in [0, 0.05) is 19.4 Å². The predicted octanol–water partition coefficient (Wildman–Crippen LogP) is 3.09. The SMILES string of the molecule is COc1cc2cc(c1Cl)NC(=O)CC(O)C1(C)OC1C(C)C1CC(O)(NC(=O)O1)C(OC)/C=C/C=C(\C)C2. The van der Waals surface area contributed by atoms with Crippen molar-refractivity contribution in [1.29, 1.82) is 0 Å². The van der Waals surface area contributed by atoms with Crippen molar-refractivity contribution in [1.82, 2.24) is 5.32 Å². The van der Waals surface area contributed by atoms with Crippen LogP contribution < -0.4 is 15.4 Å². The van der Waals surface area contributed by atoms with Crippen LogP contribution in [0.5, 0.6) is 5.75 Å². The highest BCUT2D eigenvalue weighted by Gasteiger charge is 2.62. The number of hydrogen-bond acceptors (Lipinski definition) is 8. The zero-order chi connectivity index (χ0) is 27.8. The average molecular weight is 551 g/mol. The second kappa shape index (κ2) is 10.9. The van der Waals surface area contributed by atoms with E-state index >= 15 is 0 Å². The van der Waals surface area contributed by atoms with Gasteiger partial charge in [-0.3, -0.25) is 10.1 Å². The molecule has 2 amide bonds. The van der Waals surface area contributed by atoms with Gasteiger partial charge in [0.15, 0.2) is 5.72 Å². The highest BCUT2D eigenvalue weighted by Crippen LogP contribution is 2.47. The van der Waals surface area contributed by atoms with E-state index in [0.29, 0.717) is 17.9 Å². The summed E-state index contributed by atoms with van der Waals surface area (Å²) in [4.78, 5) is 25.3. The maximum absolute atomic E-state index is 12.9. The molecule has 0 aromatic heterocycles. The lowest BCUT2D eigenvalue weighted by Gasteiger charge is -2.42. The minimum Gasteiger partial charge on any atom is -0.495 e. The Labute approximate surface area is 226 Å². The molecule has 1 aromatic rings. The summed E-state index contributed by atoms with van der Waals surface area (Å²) in [6, 6.07) is 3.56. The Kier molecular flexibility index (Phi) is 8.11. The molecule has 4 rings (SSSR count). The van der Waals surface area contributed by atoms with E-state index in [1.807, 2.05) is 19.9 Å². The number of halogens is 1. The number of anilines is 1. The quantitative estimate of drug-likeness (QED) is 0.412.